The van der Waals surface area contributed by atoms with Crippen molar-refractivity contribution in [2.24, 2.45) is 0 Å². The van der Waals surface area contributed by atoms with Gasteiger partial charge in [0, 0.05) is 77.9 Å². The predicted octanol–water partition coefficient (Wildman–Crippen LogP) is 32.8. The average molecular weight is 1590 g/mol. The summed E-state index contributed by atoms with van der Waals surface area (Å²) in [4.78, 5) is 4.79. The molecule has 0 saturated carbocycles. The molecule has 4 heteroatoms. The molecule has 0 radical (unpaired) electrons. The Morgan fingerprint density at radius 3 is 0.710 bits per heavy atom. The number of aromatic nitrogens is 2. The third-order valence-electron chi connectivity index (χ3n) is 26.1. The lowest BCUT2D eigenvalue weighted by molar-refractivity contribution is 0.660. The second-order valence-electron chi connectivity index (χ2n) is 34.0. The van der Waals surface area contributed by atoms with Crippen LogP contribution in [0.2, 0.25) is 0 Å². The first-order chi connectivity index (χ1) is 61.0. The quantitative estimate of drug-likeness (QED) is 0.102. The van der Waals surface area contributed by atoms with Crippen LogP contribution in [0.25, 0.3) is 155 Å². The molecule has 0 N–H and O–H groups in total. The smallest absolute Gasteiger partial charge is 0.0541 e. The van der Waals surface area contributed by atoms with Crippen LogP contribution in [0.15, 0.2) is 461 Å². The van der Waals surface area contributed by atoms with E-state index in [1.54, 1.807) is 0 Å². The molecule has 0 saturated heterocycles. The van der Waals surface area contributed by atoms with E-state index in [0.29, 0.717) is 0 Å². The molecule has 588 valence electrons. The summed E-state index contributed by atoms with van der Waals surface area (Å²) in [5, 5.41) is 5.05. The molecule has 0 aliphatic heterocycles. The van der Waals surface area contributed by atoms with Crippen LogP contribution in [-0.2, 0) is 10.8 Å². The molecule has 19 aromatic carbocycles. The number of anilines is 6. The Morgan fingerprint density at radius 1 is 0.161 bits per heavy atom. The van der Waals surface area contributed by atoms with Crippen molar-refractivity contribution in [1.29, 1.82) is 0 Å². The first-order valence-corrected chi connectivity index (χ1v) is 43.1. The fourth-order valence-electron chi connectivity index (χ4n) is 19.6. The molecular weight excluding hydrogens is 1500 g/mol. The zero-order valence-corrected chi connectivity index (χ0v) is 69.7. The van der Waals surface area contributed by atoms with Gasteiger partial charge in [0.2, 0.25) is 0 Å². The third kappa shape index (κ3) is 13.3. The van der Waals surface area contributed by atoms with E-state index in [1.165, 1.54) is 177 Å². The number of nitrogens with zero attached hydrogens (tertiary/aromatic N) is 4. The summed E-state index contributed by atoms with van der Waals surface area (Å²) < 4.78 is 4.73. The Labute approximate surface area is 725 Å². The Bertz CT molecular complexity index is 7560. The molecule has 2 aliphatic carbocycles. The number of para-hydroxylation sites is 4. The summed E-state index contributed by atoms with van der Waals surface area (Å²) >= 11 is 0. The van der Waals surface area contributed by atoms with E-state index >= 15 is 0 Å². The molecule has 23 rings (SSSR count). The number of hydrogen-bond acceptors (Lipinski definition) is 2. The molecule has 0 bridgehead atoms. The van der Waals surface area contributed by atoms with Crippen LogP contribution >= 0.6 is 0 Å². The van der Waals surface area contributed by atoms with Crippen LogP contribution in [0.1, 0.15) is 49.9 Å². The molecule has 124 heavy (non-hydrogen) atoms. The van der Waals surface area contributed by atoms with Crippen molar-refractivity contribution in [2.75, 3.05) is 9.80 Å². The van der Waals surface area contributed by atoms with Gasteiger partial charge in [-0.2, -0.15) is 0 Å². The molecule has 0 fully saturated rings. The highest BCUT2D eigenvalue weighted by Gasteiger charge is 2.38. The van der Waals surface area contributed by atoms with Crippen molar-refractivity contribution in [3.05, 3.63) is 483 Å². The highest BCUT2D eigenvalue weighted by molar-refractivity contribution is 6.12. The zero-order chi connectivity index (χ0) is 83.0. The number of hydrogen-bond donors (Lipinski definition) is 0. The second kappa shape index (κ2) is 30.9. The van der Waals surface area contributed by atoms with E-state index in [0.717, 1.165) is 34.1 Å². The standard InChI is InChI=1S/C63H46N2.C57H42N2/c1-63(2)59-19-11-9-17-55(59)56-39-38-54(42-60(56)63)64(52-34-29-47(30-35-52)43-13-5-3-6-14-43)53-36-31-48(32-37-53)46-23-21-44(22-24-46)45-25-27-49(28-26-45)50-33-40-62-58(41-50)57-18-10-12-20-61(57)65(62)51-15-7-4-8-16-51;1-57(2)53-19-11-9-17-49(53)50-35-34-48(38-54(50)57)58(46-30-25-41(26-31-46)39-13-5-3-6-14-39)47-32-27-42(28-33-47)40-21-23-43(24-22-40)44-29-36-56-52(37-44)51-18-10-12-20-55(51)59(56)45-15-7-4-8-16-45/h3-42H,1-2H3;3-38H,1-2H3. The van der Waals surface area contributed by atoms with Gasteiger partial charge < -0.3 is 18.9 Å². The maximum atomic E-state index is 2.41. The van der Waals surface area contributed by atoms with Crippen molar-refractivity contribution >= 4 is 77.7 Å². The molecule has 0 unspecified atom stereocenters. The van der Waals surface area contributed by atoms with Gasteiger partial charge in [0.1, 0.15) is 0 Å². The Kier molecular flexibility index (Phi) is 18.6. The third-order valence-corrected chi connectivity index (χ3v) is 26.1. The first-order valence-electron chi connectivity index (χ1n) is 43.1. The summed E-state index contributed by atoms with van der Waals surface area (Å²) in [5.74, 6) is 0. The van der Waals surface area contributed by atoms with Gasteiger partial charge in [-0.15, -0.1) is 0 Å². The van der Waals surface area contributed by atoms with Crippen molar-refractivity contribution < 1.29 is 0 Å². The SMILES string of the molecule is CC1(C)c2ccccc2-c2ccc(N(c3ccc(-c4ccccc4)cc3)c3ccc(-c4ccc(-c5ccc(-c6ccc7c(c6)c6ccccc6n7-c6ccccc6)cc5)cc4)cc3)cc21.CC1(C)c2ccccc2-c2ccc(N(c3ccc(-c4ccccc4)cc3)c3ccc(-c4ccc(-c5ccc6c(c5)c5ccccc5n6-c5ccccc5)cc4)cc3)cc21. The first kappa shape index (κ1) is 74.7. The Balaban J connectivity index is 0.000000148. The lowest BCUT2D eigenvalue weighted by atomic mass is 9.82. The molecule has 0 atom stereocenters. The molecule has 2 aromatic heterocycles. The van der Waals surface area contributed by atoms with Crippen molar-refractivity contribution in [3.8, 4) is 112 Å². The molecule has 2 heterocycles. The zero-order valence-electron chi connectivity index (χ0n) is 69.7. The van der Waals surface area contributed by atoms with Gasteiger partial charge in [-0.1, -0.05) is 355 Å². The minimum absolute atomic E-state index is 0.0897. The van der Waals surface area contributed by atoms with E-state index < -0.39 is 0 Å². The number of benzene rings is 19. The Hall–Kier alpha value is -15.6. The summed E-state index contributed by atoms with van der Waals surface area (Å²) in [7, 11) is 0. The maximum Gasteiger partial charge on any atom is 0.0541 e. The van der Waals surface area contributed by atoms with Gasteiger partial charge in [-0.3, -0.25) is 0 Å². The van der Waals surface area contributed by atoms with Crippen LogP contribution in [0, 0.1) is 0 Å². The van der Waals surface area contributed by atoms with E-state index in [2.05, 4.69) is 508 Å². The van der Waals surface area contributed by atoms with Crippen LogP contribution in [0.3, 0.4) is 0 Å². The predicted molar refractivity (Wildman–Crippen MR) is 524 cm³/mol. The molecule has 0 spiro atoms. The van der Waals surface area contributed by atoms with E-state index in [4.69, 9.17) is 0 Å². The monoisotopic (exact) mass is 1580 g/mol. The molecule has 0 amide bonds. The number of fused-ring (bicyclic) bond motifs is 12. The van der Waals surface area contributed by atoms with Crippen LogP contribution < -0.4 is 9.80 Å². The molecule has 4 nitrogen and oxygen atoms in total. The van der Waals surface area contributed by atoms with Gasteiger partial charge in [-0.25, -0.2) is 0 Å². The van der Waals surface area contributed by atoms with E-state index in [-0.39, 0.29) is 10.8 Å². The molecular formula is C120H88N4. The average Bonchev–Trinajstić information content (AvgIpc) is 1.83. The molecule has 2 aliphatic rings. The van der Waals surface area contributed by atoms with Gasteiger partial charge in [0.15, 0.2) is 0 Å². The summed E-state index contributed by atoms with van der Waals surface area (Å²) in [6, 6.07) is 168. The minimum Gasteiger partial charge on any atom is -0.310 e. The molecule has 21 aromatic rings. The second-order valence-corrected chi connectivity index (χ2v) is 34.0. The summed E-state index contributed by atoms with van der Waals surface area (Å²) in [5.41, 5.74) is 41.5. The van der Waals surface area contributed by atoms with Crippen molar-refractivity contribution in [3.63, 3.8) is 0 Å². The topological polar surface area (TPSA) is 16.3 Å². The summed E-state index contributed by atoms with van der Waals surface area (Å²) in [6.45, 7) is 9.40. The fraction of sp³-hybridized carbons (Fsp3) is 0.0500. The normalized spacial score (nSPS) is 12.6. The van der Waals surface area contributed by atoms with Gasteiger partial charge in [-0.05, 0) is 256 Å². The Morgan fingerprint density at radius 2 is 0.387 bits per heavy atom. The van der Waals surface area contributed by atoms with Gasteiger partial charge in [0.25, 0.3) is 0 Å². The van der Waals surface area contributed by atoms with Crippen molar-refractivity contribution in [1.82, 2.24) is 9.13 Å². The lowest BCUT2D eigenvalue weighted by Crippen LogP contribution is -2.16. The van der Waals surface area contributed by atoms with Crippen LogP contribution in [0.5, 0.6) is 0 Å². The largest absolute Gasteiger partial charge is 0.310 e. The summed E-state index contributed by atoms with van der Waals surface area (Å²) in [6.07, 6.45) is 0. The van der Waals surface area contributed by atoms with E-state index in [1.807, 2.05) is 0 Å². The van der Waals surface area contributed by atoms with E-state index in [9.17, 15) is 0 Å². The minimum atomic E-state index is -0.0930. The van der Waals surface area contributed by atoms with Crippen LogP contribution in [-0.4, -0.2) is 9.13 Å². The maximum absolute atomic E-state index is 2.41. The van der Waals surface area contributed by atoms with Crippen molar-refractivity contribution in [2.45, 2.75) is 38.5 Å². The highest BCUT2D eigenvalue weighted by atomic mass is 15.1. The fourth-order valence-corrected chi connectivity index (χ4v) is 19.6. The van der Waals surface area contributed by atoms with Gasteiger partial charge >= 0.3 is 0 Å². The van der Waals surface area contributed by atoms with Crippen LogP contribution in [0.4, 0.5) is 34.1 Å². The highest BCUT2D eigenvalue weighted by Crippen LogP contribution is 2.54. The number of rotatable bonds is 15. The lowest BCUT2D eigenvalue weighted by Gasteiger charge is -2.28. The van der Waals surface area contributed by atoms with Gasteiger partial charge in [0.05, 0.1) is 22.1 Å².